The average molecular weight is 487 g/mol. The molecule has 186 valence electrons. The number of carbonyl (C=O) groups is 2. The second-order valence-corrected chi connectivity index (χ2v) is 10.3. The number of nitriles is 2. The van der Waals surface area contributed by atoms with Crippen LogP contribution in [0.1, 0.15) is 38.3 Å². The van der Waals surface area contributed by atoms with E-state index >= 15 is 0 Å². The smallest absolute Gasteiger partial charge is 0.411 e. The normalized spacial score (nSPS) is 21.7. The van der Waals surface area contributed by atoms with Crippen molar-refractivity contribution in [2.45, 2.75) is 57.3 Å². The number of hydrogen-bond donors (Lipinski definition) is 1. The number of carbonyl (C=O) groups excluding carboxylic acids is 2. The van der Waals surface area contributed by atoms with Crippen molar-refractivity contribution < 1.29 is 19.1 Å². The molecule has 2 saturated heterocycles. The lowest BCUT2D eigenvalue weighted by atomic mass is 10.00. The minimum Gasteiger partial charge on any atom is -0.444 e. The minimum atomic E-state index is -0.740. The van der Waals surface area contributed by atoms with E-state index in [4.69, 9.17) is 14.7 Å². The zero-order valence-corrected chi connectivity index (χ0v) is 20.7. The Morgan fingerprint density at radius 1 is 1.08 bits per heavy atom. The van der Waals surface area contributed by atoms with Crippen LogP contribution in [0.5, 0.6) is 0 Å². The number of fused-ring (bicyclic) bond motifs is 1. The fourth-order valence-electron chi connectivity index (χ4n) is 4.77. The van der Waals surface area contributed by atoms with Crippen LogP contribution in [-0.2, 0) is 20.7 Å². The fourth-order valence-corrected chi connectivity index (χ4v) is 4.77. The van der Waals surface area contributed by atoms with Gasteiger partial charge >= 0.3 is 6.09 Å². The molecule has 0 saturated carbocycles. The molecule has 8 nitrogen and oxygen atoms in total. The summed E-state index contributed by atoms with van der Waals surface area (Å²) in [5.41, 5.74) is 2.80. The van der Waals surface area contributed by atoms with Crippen molar-refractivity contribution in [3.8, 4) is 23.3 Å². The Balaban J connectivity index is 1.42. The summed E-state index contributed by atoms with van der Waals surface area (Å²) in [6, 6.07) is 17.7. The first-order valence-electron chi connectivity index (χ1n) is 12.1. The monoisotopic (exact) mass is 486 g/mol. The van der Waals surface area contributed by atoms with Crippen LogP contribution in [0.3, 0.4) is 0 Å². The molecule has 2 heterocycles. The third-order valence-electron chi connectivity index (χ3n) is 6.50. The predicted octanol–water partition coefficient (Wildman–Crippen LogP) is 3.80. The van der Waals surface area contributed by atoms with E-state index in [2.05, 4.69) is 17.5 Å². The lowest BCUT2D eigenvalue weighted by Crippen LogP contribution is -2.52. The van der Waals surface area contributed by atoms with Crippen LogP contribution in [0.4, 0.5) is 4.79 Å². The molecule has 0 radical (unpaired) electrons. The third-order valence-corrected chi connectivity index (χ3v) is 6.50. The Bertz CT molecular complexity index is 1190. The van der Waals surface area contributed by atoms with Gasteiger partial charge in [-0.15, -0.1) is 0 Å². The molecule has 0 spiro atoms. The topological polar surface area (TPSA) is 115 Å². The molecule has 0 bridgehead atoms. The number of benzene rings is 2. The largest absolute Gasteiger partial charge is 0.444 e. The van der Waals surface area contributed by atoms with Crippen molar-refractivity contribution in [1.82, 2.24) is 10.2 Å². The van der Waals surface area contributed by atoms with Crippen LogP contribution >= 0.6 is 0 Å². The maximum atomic E-state index is 13.2. The van der Waals surface area contributed by atoms with Crippen molar-refractivity contribution in [2.75, 3.05) is 13.2 Å². The number of amides is 2. The zero-order valence-electron chi connectivity index (χ0n) is 20.7. The molecular formula is C28H30N4O4. The number of nitrogens with one attached hydrogen (secondary N) is 1. The van der Waals surface area contributed by atoms with Gasteiger partial charge in [0.2, 0.25) is 5.91 Å². The average Bonchev–Trinajstić information content (AvgIpc) is 3.44. The minimum absolute atomic E-state index is 0.0728. The van der Waals surface area contributed by atoms with Crippen molar-refractivity contribution in [2.24, 2.45) is 5.92 Å². The van der Waals surface area contributed by atoms with Crippen LogP contribution in [0, 0.1) is 28.6 Å². The summed E-state index contributed by atoms with van der Waals surface area (Å²) < 4.78 is 11.1. The molecule has 8 heteroatoms. The summed E-state index contributed by atoms with van der Waals surface area (Å²) in [4.78, 5) is 27.7. The molecule has 2 fully saturated rings. The van der Waals surface area contributed by atoms with Gasteiger partial charge in [0.15, 0.2) is 0 Å². The summed E-state index contributed by atoms with van der Waals surface area (Å²) in [5, 5.41) is 21.5. The van der Waals surface area contributed by atoms with Gasteiger partial charge in [-0.25, -0.2) is 4.79 Å². The molecule has 4 rings (SSSR count). The first-order chi connectivity index (χ1) is 17.2. The van der Waals surface area contributed by atoms with E-state index in [-0.39, 0.29) is 17.9 Å². The maximum Gasteiger partial charge on any atom is 0.411 e. The molecule has 2 aromatic carbocycles. The molecule has 1 N–H and O–H groups in total. The zero-order chi connectivity index (χ0) is 25.9. The van der Waals surface area contributed by atoms with Gasteiger partial charge in [0, 0.05) is 12.3 Å². The summed E-state index contributed by atoms with van der Waals surface area (Å²) in [7, 11) is 0. The van der Waals surface area contributed by atoms with Gasteiger partial charge in [-0.2, -0.15) is 10.5 Å². The van der Waals surface area contributed by atoms with E-state index in [9.17, 15) is 14.9 Å². The lowest BCUT2D eigenvalue weighted by Gasteiger charge is -2.31. The molecule has 0 aromatic heterocycles. The van der Waals surface area contributed by atoms with Gasteiger partial charge in [0.25, 0.3) is 0 Å². The summed E-state index contributed by atoms with van der Waals surface area (Å²) >= 11 is 0. The Kier molecular flexibility index (Phi) is 7.28. The number of ether oxygens (including phenoxy) is 2. The first kappa shape index (κ1) is 25.2. The molecule has 0 aliphatic carbocycles. The number of nitrogens with zero attached hydrogens (tertiary/aromatic N) is 3. The Hall–Kier alpha value is -3.88. The SMILES string of the molecule is CC(C)(C)OC(=O)N1C(C(=O)N[C@H](C#N)Cc2ccc(-c3ccc(C#N)cc3)cc2)C[C@@H]2COC[C@@H]21. The van der Waals surface area contributed by atoms with Crippen LogP contribution < -0.4 is 5.32 Å². The first-order valence-corrected chi connectivity index (χ1v) is 12.1. The molecule has 4 atom stereocenters. The number of likely N-dealkylation sites (tertiary alicyclic amines) is 1. The number of hydrogen-bond acceptors (Lipinski definition) is 6. The van der Waals surface area contributed by atoms with Gasteiger partial charge in [-0.3, -0.25) is 9.69 Å². The van der Waals surface area contributed by atoms with Gasteiger partial charge in [0.05, 0.1) is 37.0 Å². The number of rotatable bonds is 5. The van der Waals surface area contributed by atoms with E-state index in [0.29, 0.717) is 31.6 Å². The van der Waals surface area contributed by atoms with Gasteiger partial charge in [-0.1, -0.05) is 36.4 Å². The molecular weight excluding hydrogens is 456 g/mol. The third kappa shape index (κ3) is 5.67. The van der Waals surface area contributed by atoms with Crippen LogP contribution in [0.25, 0.3) is 11.1 Å². The summed E-state index contributed by atoms with van der Waals surface area (Å²) in [6.07, 6.45) is 0.283. The highest BCUT2D eigenvalue weighted by atomic mass is 16.6. The summed E-state index contributed by atoms with van der Waals surface area (Å²) in [6.45, 7) is 6.24. The van der Waals surface area contributed by atoms with E-state index < -0.39 is 23.8 Å². The Labute approximate surface area is 211 Å². The van der Waals surface area contributed by atoms with E-state index in [1.54, 1.807) is 32.9 Å². The van der Waals surface area contributed by atoms with Crippen LogP contribution in [-0.4, -0.2) is 53.8 Å². The molecule has 1 unspecified atom stereocenters. The second kappa shape index (κ2) is 10.4. The van der Waals surface area contributed by atoms with E-state index in [0.717, 1.165) is 16.7 Å². The van der Waals surface area contributed by atoms with Crippen LogP contribution in [0.2, 0.25) is 0 Å². The molecule has 2 amide bonds. The molecule has 2 aliphatic heterocycles. The van der Waals surface area contributed by atoms with E-state index in [1.807, 2.05) is 36.4 Å². The second-order valence-electron chi connectivity index (χ2n) is 10.3. The van der Waals surface area contributed by atoms with Crippen molar-refractivity contribution in [3.05, 3.63) is 59.7 Å². The fraction of sp³-hybridized carbons (Fsp3) is 0.429. The van der Waals surface area contributed by atoms with Gasteiger partial charge in [0.1, 0.15) is 17.7 Å². The maximum absolute atomic E-state index is 13.2. The van der Waals surface area contributed by atoms with Crippen molar-refractivity contribution in [1.29, 1.82) is 10.5 Å². The quantitative estimate of drug-likeness (QED) is 0.687. The van der Waals surface area contributed by atoms with Crippen LogP contribution in [0.15, 0.2) is 48.5 Å². The Morgan fingerprint density at radius 2 is 1.72 bits per heavy atom. The molecule has 36 heavy (non-hydrogen) atoms. The standard InChI is InChI=1S/C28H30N4O4/c1-28(2,3)36-27(34)32-24(13-22-16-35-17-25(22)32)26(33)31-23(15-30)12-18-4-8-20(9-5-18)21-10-6-19(14-29)7-11-21/h4-11,22-25H,12-13,16-17H2,1-3H3,(H,31,33)/t22-,23+,24?,25+/m1/s1. The van der Waals surface area contributed by atoms with Crippen molar-refractivity contribution in [3.63, 3.8) is 0 Å². The molecule has 2 aromatic rings. The van der Waals surface area contributed by atoms with Gasteiger partial charge < -0.3 is 14.8 Å². The van der Waals surface area contributed by atoms with Crippen molar-refractivity contribution >= 4 is 12.0 Å². The van der Waals surface area contributed by atoms with Gasteiger partial charge in [-0.05, 0) is 56.0 Å². The van der Waals surface area contributed by atoms with E-state index in [1.165, 1.54) is 4.90 Å². The Morgan fingerprint density at radius 3 is 2.31 bits per heavy atom. The highest BCUT2D eigenvalue weighted by Gasteiger charge is 2.51. The highest BCUT2D eigenvalue weighted by Crippen LogP contribution is 2.36. The molecule has 2 aliphatic rings. The lowest BCUT2D eigenvalue weighted by molar-refractivity contribution is -0.126. The highest BCUT2D eigenvalue weighted by molar-refractivity contribution is 5.87. The summed E-state index contributed by atoms with van der Waals surface area (Å²) in [5.74, 6) is -0.278. The predicted molar refractivity (Wildman–Crippen MR) is 132 cm³/mol.